The Morgan fingerprint density at radius 3 is 3.18 bits per heavy atom. The highest BCUT2D eigenvalue weighted by Gasteiger charge is 2.34. The molecule has 7 heteroatoms. The van der Waals surface area contributed by atoms with Crippen molar-refractivity contribution < 1.29 is 9.53 Å². The van der Waals surface area contributed by atoms with Crippen molar-refractivity contribution in [1.29, 1.82) is 0 Å². The van der Waals surface area contributed by atoms with Crippen LogP contribution in [0.15, 0.2) is 18.5 Å². The molecule has 0 unspecified atom stereocenters. The van der Waals surface area contributed by atoms with E-state index in [1.165, 1.54) is 0 Å². The van der Waals surface area contributed by atoms with Crippen LogP contribution in [0.1, 0.15) is 47.9 Å². The van der Waals surface area contributed by atoms with Crippen LogP contribution >= 0.6 is 0 Å². The van der Waals surface area contributed by atoms with E-state index in [2.05, 4.69) is 27.4 Å². The first-order valence-corrected chi connectivity index (χ1v) is 7.63. The first-order chi connectivity index (χ1) is 10.7. The highest BCUT2D eigenvalue weighted by Crippen LogP contribution is 2.27. The van der Waals surface area contributed by atoms with Gasteiger partial charge in [0, 0.05) is 31.7 Å². The molecule has 0 spiro atoms. The molecule has 1 saturated heterocycles. The Morgan fingerprint density at radius 2 is 2.45 bits per heavy atom. The summed E-state index contributed by atoms with van der Waals surface area (Å²) >= 11 is 0. The van der Waals surface area contributed by atoms with Crippen molar-refractivity contribution in [2.75, 3.05) is 6.61 Å². The molecule has 1 aliphatic heterocycles. The standard InChI is InChI=1S/C15H21N5O2/c1-3-4-10-9-12(19-18-10)15(21)17-11-5-8-22-13(11)14-16-6-7-20(14)2/h6-7,9,11,13H,3-5,8H2,1-2H3,(H,17,21)(H,18,19)/t11-,13-/m0/s1. The molecule has 118 valence electrons. The number of aryl methyl sites for hydroxylation is 2. The number of carbonyl (C=O) groups is 1. The van der Waals surface area contributed by atoms with Crippen LogP contribution in [0.4, 0.5) is 0 Å². The molecule has 22 heavy (non-hydrogen) atoms. The fourth-order valence-electron chi connectivity index (χ4n) is 2.76. The molecule has 3 rings (SSSR count). The zero-order valence-electron chi connectivity index (χ0n) is 12.9. The van der Waals surface area contributed by atoms with Crippen molar-refractivity contribution in [3.05, 3.63) is 35.7 Å². The lowest BCUT2D eigenvalue weighted by Gasteiger charge is -2.19. The Balaban J connectivity index is 1.68. The Kier molecular flexibility index (Phi) is 4.24. The van der Waals surface area contributed by atoms with Gasteiger partial charge in [-0.1, -0.05) is 13.3 Å². The van der Waals surface area contributed by atoms with Crippen LogP contribution in [0.5, 0.6) is 0 Å². The summed E-state index contributed by atoms with van der Waals surface area (Å²) in [5.74, 6) is 0.657. The predicted octanol–water partition coefficient (Wildman–Crippen LogP) is 1.36. The topological polar surface area (TPSA) is 84.8 Å². The quantitative estimate of drug-likeness (QED) is 0.873. The Morgan fingerprint density at radius 1 is 1.59 bits per heavy atom. The van der Waals surface area contributed by atoms with E-state index in [1.54, 1.807) is 6.20 Å². The second kappa shape index (κ2) is 6.31. The molecule has 0 aliphatic carbocycles. The molecule has 1 amide bonds. The van der Waals surface area contributed by atoms with Crippen LogP contribution in [0, 0.1) is 0 Å². The lowest BCUT2D eigenvalue weighted by atomic mass is 10.1. The van der Waals surface area contributed by atoms with Crippen LogP contribution in [0.3, 0.4) is 0 Å². The number of rotatable bonds is 5. The summed E-state index contributed by atoms with van der Waals surface area (Å²) in [7, 11) is 1.92. The summed E-state index contributed by atoms with van der Waals surface area (Å²) in [6.07, 6.45) is 6.08. The Labute approximate surface area is 129 Å². The van der Waals surface area contributed by atoms with Gasteiger partial charge in [-0.05, 0) is 18.9 Å². The Hall–Kier alpha value is -2.15. The number of hydrogen-bond acceptors (Lipinski definition) is 4. The maximum absolute atomic E-state index is 12.3. The minimum atomic E-state index is -0.210. The number of amides is 1. The van der Waals surface area contributed by atoms with Gasteiger partial charge in [-0.3, -0.25) is 9.89 Å². The van der Waals surface area contributed by atoms with Crippen LogP contribution < -0.4 is 5.32 Å². The molecule has 2 N–H and O–H groups in total. The second-order valence-electron chi connectivity index (χ2n) is 5.58. The lowest BCUT2D eigenvalue weighted by Crippen LogP contribution is -2.37. The average Bonchev–Trinajstić information content (AvgIpc) is 3.20. The monoisotopic (exact) mass is 303 g/mol. The number of hydrogen-bond donors (Lipinski definition) is 2. The van der Waals surface area contributed by atoms with E-state index in [-0.39, 0.29) is 18.1 Å². The van der Waals surface area contributed by atoms with Gasteiger partial charge in [0.25, 0.3) is 5.91 Å². The maximum Gasteiger partial charge on any atom is 0.272 e. The summed E-state index contributed by atoms with van der Waals surface area (Å²) < 4.78 is 7.66. The van der Waals surface area contributed by atoms with Gasteiger partial charge in [-0.25, -0.2) is 4.98 Å². The zero-order valence-corrected chi connectivity index (χ0v) is 12.9. The normalized spacial score (nSPS) is 21.2. The smallest absolute Gasteiger partial charge is 0.272 e. The Bertz CT molecular complexity index is 648. The third-order valence-corrected chi connectivity index (χ3v) is 3.90. The van der Waals surface area contributed by atoms with Gasteiger partial charge >= 0.3 is 0 Å². The SMILES string of the molecule is CCCc1cc(C(=O)N[C@H]2CCO[C@@H]2c2nccn2C)n[nH]1. The van der Waals surface area contributed by atoms with E-state index in [4.69, 9.17) is 4.74 Å². The van der Waals surface area contributed by atoms with Gasteiger partial charge < -0.3 is 14.6 Å². The molecule has 2 atom stereocenters. The molecule has 1 fully saturated rings. The van der Waals surface area contributed by atoms with Gasteiger partial charge in [0.05, 0.1) is 6.04 Å². The average molecular weight is 303 g/mol. The summed E-state index contributed by atoms with van der Waals surface area (Å²) in [5, 5.41) is 10.0. The van der Waals surface area contributed by atoms with Crippen molar-refractivity contribution in [1.82, 2.24) is 25.1 Å². The number of carbonyl (C=O) groups excluding carboxylic acids is 1. The van der Waals surface area contributed by atoms with Crippen LogP contribution in [0.2, 0.25) is 0 Å². The highest BCUT2D eigenvalue weighted by molar-refractivity contribution is 5.92. The van der Waals surface area contributed by atoms with Gasteiger partial charge in [-0.2, -0.15) is 5.10 Å². The molecule has 7 nitrogen and oxygen atoms in total. The molecule has 1 aliphatic rings. The number of H-pyrrole nitrogens is 1. The van der Waals surface area contributed by atoms with Crippen molar-refractivity contribution in [3.8, 4) is 0 Å². The van der Waals surface area contributed by atoms with Gasteiger partial charge in [-0.15, -0.1) is 0 Å². The number of nitrogens with one attached hydrogen (secondary N) is 2. The predicted molar refractivity (Wildman–Crippen MR) is 80.4 cm³/mol. The van der Waals surface area contributed by atoms with Crippen LogP contribution in [-0.2, 0) is 18.2 Å². The van der Waals surface area contributed by atoms with Crippen molar-refractivity contribution in [3.63, 3.8) is 0 Å². The molecule has 2 aromatic heterocycles. The fourth-order valence-corrected chi connectivity index (χ4v) is 2.76. The molecular weight excluding hydrogens is 282 g/mol. The van der Waals surface area contributed by atoms with Crippen molar-refractivity contribution >= 4 is 5.91 Å². The number of aromatic nitrogens is 4. The number of ether oxygens (including phenoxy) is 1. The van der Waals surface area contributed by atoms with E-state index in [9.17, 15) is 4.79 Å². The largest absolute Gasteiger partial charge is 0.368 e. The summed E-state index contributed by atoms with van der Waals surface area (Å²) in [4.78, 5) is 16.7. The van der Waals surface area contributed by atoms with E-state index < -0.39 is 0 Å². The van der Waals surface area contributed by atoms with Gasteiger partial charge in [0.15, 0.2) is 0 Å². The third-order valence-electron chi connectivity index (χ3n) is 3.90. The van der Waals surface area contributed by atoms with Gasteiger partial charge in [0.1, 0.15) is 17.6 Å². The first kappa shape index (κ1) is 14.8. The third kappa shape index (κ3) is 2.89. The lowest BCUT2D eigenvalue weighted by molar-refractivity contribution is 0.0776. The number of imidazole rings is 1. The number of aromatic amines is 1. The van der Waals surface area contributed by atoms with Gasteiger partial charge in [0.2, 0.25) is 0 Å². The summed E-state index contributed by atoms with van der Waals surface area (Å²) in [6, 6.07) is 1.73. The molecular formula is C15H21N5O2. The number of nitrogens with zero attached hydrogens (tertiary/aromatic N) is 3. The summed E-state index contributed by atoms with van der Waals surface area (Å²) in [5.41, 5.74) is 1.41. The van der Waals surface area contributed by atoms with Crippen molar-refractivity contribution in [2.45, 2.75) is 38.3 Å². The molecule has 0 bridgehead atoms. The molecule has 0 saturated carbocycles. The minimum Gasteiger partial charge on any atom is -0.368 e. The van der Waals surface area contributed by atoms with E-state index >= 15 is 0 Å². The summed E-state index contributed by atoms with van der Waals surface area (Å²) in [6.45, 7) is 2.71. The molecule has 0 radical (unpaired) electrons. The van der Waals surface area contributed by atoms with E-state index in [0.29, 0.717) is 12.3 Å². The highest BCUT2D eigenvalue weighted by atomic mass is 16.5. The van der Waals surface area contributed by atoms with Crippen molar-refractivity contribution in [2.24, 2.45) is 7.05 Å². The molecule has 0 aromatic carbocycles. The molecule has 3 heterocycles. The van der Waals surface area contributed by atoms with Crippen LogP contribution in [0.25, 0.3) is 0 Å². The zero-order chi connectivity index (χ0) is 15.5. The minimum absolute atomic E-state index is 0.0834. The second-order valence-corrected chi connectivity index (χ2v) is 5.58. The first-order valence-electron chi connectivity index (χ1n) is 7.63. The van der Waals surface area contributed by atoms with E-state index in [0.717, 1.165) is 30.8 Å². The van der Waals surface area contributed by atoms with E-state index in [1.807, 2.05) is 23.9 Å². The maximum atomic E-state index is 12.3. The van der Waals surface area contributed by atoms with Crippen LogP contribution in [-0.4, -0.2) is 38.3 Å². The fraction of sp³-hybridized carbons (Fsp3) is 0.533. The molecule has 2 aromatic rings.